The summed E-state index contributed by atoms with van der Waals surface area (Å²) in [4.78, 5) is 32.4. The molecule has 138 valence electrons. The van der Waals surface area contributed by atoms with Crippen LogP contribution >= 0.6 is 0 Å². The molecule has 9 nitrogen and oxygen atoms in total. The van der Waals surface area contributed by atoms with Crippen molar-refractivity contribution in [2.24, 2.45) is 0 Å². The molecule has 0 unspecified atom stereocenters. The van der Waals surface area contributed by atoms with Crippen LogP contribution in [-0.2, 0) is 19.1 Å². The molecule has 1 aromatic rings. The highest BCUT2D eigenvalue weighted by Gasteiger charge is 2.78. The number of rotatable bonds is 5. The normalized spacial score (nSPS) is 36.2. The van der Waals surface area contributed by atoms with Crippen LogP contribution in [0.1, 0.15) is 25.7 Å². The highest BCUT2D eigenvalue weighted by atomic mass is 16.6. The molecule has 26 heavy (non-hydrogen) atoms. The van der Waals surface area contributed by atoms with E-state index in [9.17, 15) is 9.59 Å². The maximum atomic E-state index is 12.6. The van der Waals surface area contributed by atoms with Crippen molar-refractivity contribution in [2.45, 2.75) is 48.5 Å². The molecular weight excluding hydrogens is 338 g/mol. The number of carbonyl (C=O) groups is 2. The summed E-state index contributed by atoms with van der Waals surface area (Å²) >= 11 is 0. The highest BCUT2D eigenvalue weighted by Crippen LogP contribution is 2.62. The number of nitrogens with one attached hydrogen (secondary N) is 3. The Bertz CT molecular complexity index is 745. The summed E-state index contributed by atoms with van der Waals surface area (Å²) in [7, 11) is 0. The van der Waals surface area contributed by atoms with Crippen molar-refractivity contribution < 1.29 is 19.1 Å². The zero-order valence-electron chi connectivity index (χ0n) is 14.3. The van der Waals surface area contributed by atoms with E-state index in [2.05, 4.69) is 25.9 Å². The Morgan fingerprint density at radius 1 is 1.31 bits per heavy atom. The van der Waals surface area contributed by atoms with Gasteiger partial charge in [0.25, 0.3) is 0 Å². The maximum absolute atomic E-state index is 12.6. The number of ether oxygens (including phenoxy) is 2. The van der Waals surface area contributed by atoms with E-state index in [1.807, 2.05) is 0 Å². The van der Waals surface area contributed by atoms with Crippen molar-refractivity contribution in [1.29, 1.82) is 0 Å². The molecule has 2 amide bonds. The van der Waals surface area contributed by atoms with E-state index in [1.165, 1.54) is 0 Å². The number of hydrogen-bond donors (Lipinski definition) is 3. The summed E-state index contributed by atoms with van der Waals surface area (Å²) in [5, 5.41) is 9.14. The lowest BCUT2D eigenvalue weighted by molar-refractivity contribution is -0.206. The molecule has 4 saturated heterocycles. The first-order valence-electron chi connectivity index (χ1n) is 8.94. The van der Waals surface area contributed by atoms with Gasteiger partial charge in [0.05, 0.1) is 24.4 Å². The first-order chi connectivity index (χ1) is 12.5. The van der Waals surface area contributed by atoms with Gasteiger partial charge in [-0.2, -0.15) is 0 Å². The fraction of sp³-hybridized carbons (Fsp3) is 0.647. The van der Waals surface area contributed by atoms with Gasteiger partial charge in [0.15, 0.2) is 0 Å². The predicted molar refractivity (Wildman–Crippen MR) is 89.2 cm³/mol. The molecule has 1 aliphatic carbocycles. The minimum atomic E-state index is -0.468. The van der Waals surface area contributed by atoms with Crippen LogP contribution in [0.2, 0.25) is 0 Å². The monoisotopic (exact) mass is 359 g/mol. The molecule has 1 saturated carbocycles. The van der Waals surface area contributed by atoms with E-state index in [1.54, 1.807) is 18.5 Å². The van der Waals surface area contributed by atoms with Gasteiger partial charge in [-0.3, -0.25) is 9.59 Å². The Balaban J connectivity index is 1.28. The molecular formula is C17H21N5O4. The quantitative estimate of drug-likeness (QED) is 0.640. The molecule has 0 aromatic carbocycles. The van der Waals surface area contributed by atoms with Crippen molar-refractivity contribution in [3.63, 3.8) is 0 Å². The molecule has 4 aliphatic heterocycles. The summed E-state index contributed by atoms with van der Waals surface area (Å²) in [6.45, 7) is 1.54. The Morgan fingerprint density at radius 3 is 2.69 bits per heavy atom. The van der Waals surface area contributed by atoms with Gasteiger partial charge in [-0.05, 0) is 12.5 Å². The molecule has 1 spiro atoms. The average molecular weight is 359 g/mol. The van der Waals surface area contributed by atoms with Crippen LogP contribution in [0.15, 0.2) is 18.5 Å². The fourth-order valence-corrected chi connectivity index (χ4v) is 4.70. The molecule has 3 N–H and O–H groups in total. The molecule has 5 heterocycles. The molecule has 2 bridgehead atoms. The summed E-state index contributed by atoms with van der Waals surface area (Å²) in [5.41, 5.74) is -1.24. The Morgan fingerprint density at radius 2 is 2.08 bits per heavy atom. The molecule has 5 aliphatic rings. The van der Waals surface area contributed by atoms with Crippen LogP contribution in [0.4, 0.5) is 5.95 Å². The van der Waals surface area contributed by atoms with Gasteiger partial charge in [0.1, 0.15) is 11.6 Å². The third-order valence-corrected chi connectivity index (χ3v) is 6.01. The van der Waals surface area contributed by atoms with Crippen molar-refractivity contribution in [3.8, 4) is 0 Å². The van der Waals surface area contributed by atoms with E-state index in [0.29, 0.717) is 38.5 Å². The Hall–Kier alpha value is -2.26. The van der Waals surface area contributed by atoms with Gasteiger partial charge in [-0.15, -0.1) is 0 Å². The standard InChI is InChI=1S/C17H21N5O4/c23-12-3-2-11(21-12)13(24)22-16-6-15(7-16,26-17(16)9-25-10-17)8-20-14-18-4-1-5-19-14/h1,4-5,11H,2-3,6-10H2,(H,21,23)(H,22,24)(H,18,19,20)/t11-,15?,16?/m1/s1. The topological polar surface area (TPSA) is 114 Å². The Labute approximate surface area is 150 Å². The number of amides is 2. The van der Waals surface area contributed by atoms with E-state index in [0.717, 1.165) is 12.8 Å². The van der Waals surface area contributed by atoms with Crippen molar-refractivity contribution in [3.05, 3.63) is 18.5 Å². The Kier molecular flexibility index (Phi) is 3.29. The number of aromatic nitrogens is 2. The largest absolute Gasteiger partial charge is 0.375 e. The molecule has 1 atom stereocenters. The lowest BCUT2D eigenvalue weighted by Gasteiger charge is -2.51. The SMILES string of the molecule is O=C1CC[C@H](C(=O)NC23CC(CNc4ncccn4)(C2)OC32COC2)N1. The van der Waals surface area contributed by atoms with E-state index < -0.39 is 17.2 Å². The van der Waals surface area contributed by atoms with E-state index in [4.69, 9.17) is 9.47 Å². The smallest absolute Gasteiger partial charge is 0.243 e. The van der Waals surface area contributed by atoms with Gasteiger partial charge < -0.3 is 25.4 Å². The van der Waals surface area contributed by atoms with Crippen LogP contribution in [0.5, 0.6) is 0 Å². The lowest BCUT2D eigenvalue weighted by atomic mass is 9.61. The second kappa shape index (κ2) is 5.37. The summed E-state index contributed by atoms with van der Waals surface area (Å²) in [5.74, 6) is 0.370. The molecule has 1 aromatic heterocycles. The number of nitrogens with zero attached hydrogens (tertiary/aromatic N) is 2. The molecule has 9 heteroatoms. The van der Waals surface area contributed by atoms with E-state index >= 15 is 0 Å². The summed E-state index contributed by atoms with van der Waals surface area (Å²) in [6.07, 6.45) is 5.75. The minimum Gasteiger partial charge on any atom is -0.375 e. The summed E-state index contributed by atoms with van der Waals surface area (Å²) in [6, 6.07) is 1.32. The maximum Gasteiger partial charge on any atom is 0.243 e. The zero-order chi connectivity index (χ0) is 17.8. The second-order valence-electron chi connectivity index (χ2n) is 7.78. The average Bonchev–Trinajstić information content (AvgIpc) is 3.21. The zero-order valence-corrected chi connectivity index (χ0v) is 14.3. The lowest BCUT2D eigenvalue weighted by Crippen LogP contribution is -2.73. The summed E-state index contributed by atoms with van der Waals surface area (Å²) < 4.78 is 11.8. The number of hydrogen-bond acceptors (Lipinski definition) is 7. The van der Waals surface area contributed by atoms with Crippen LogP contribution in [0.25, 0.3) is 0 Å². The number of anilines is 1. The fourth-order valence-electron chi connectivity index (χ4n) is 4.70. The molecule has 5 fully saturated rings. The van der Waals surface area contributed by atoms with Crippen molar-refractivity contribution in [2.75, 3.05) is 25.1 Å². The third-order valence-electron chi connectivity index (χ3n) is 6.01. The first kappa shape index (κ1) is 16.0. The van der Waals surface area contributed by atoms with E-state index in [-0.39, 0.29) is 17.4 Å². The van der Waals surface area contributed by atoms with Crippen LogP contribution < -0.4 is 16.0 Å². The van der Waals surface area contributed by atoms with Crippen LogP contribution in [0, 0.1) is 0 Å². The van der Waals surface area contributed by atoms with Crippen LogP contribution in [-0.4, -0.2) is 64.3 Å². The van der Waals surface area contributed by atoms with Gasteiger partial charge >= 0.3 is 0 Å². The third kappa shape index (κ3) is 2.23. The van der Waals surface area contributed by atoms with Gasteiger partial charge in [0, 0.05) is 38.2 Å². The minimum absolute atomic E-state index is 0.0676. The second-order valence-corrected chi connectivity index (χ2v) is 7.78. The van der Waals surface area contributed by atoms with Crippen molar-refractivity contribution in [1.82, 2.24) is 20.6 Å². The molecule has 6 rings (SSSR count). The van der Waals surface area contributed by atoms with Gasteiger partial charge in [0.2, 0.25) is 17.8 Å². The first-order valence-corrected chi connectivity index (χ1v) is 8.94. The molecule has 0 radical (unpaired) electrons. The van der Waals surface area contributed by atoms with Gasteiger partial charge in [-0.25, -0.2) is 9.97 Å². The van der Waals surface area contributed by atoms with Gasteiger partial charge in [-0.1, -0.05) is 0 Å². The number of carbonyl (C=O) groups excluding carboxylic acids is 2. The highest BCUT2D eigenvalue weighted by molar-refractivity contribution is 5.91. The van der Waals surface area contributed by atoms with Crippen molar-refractivity contribution >= 4 is 17.8 Å². The predicted octanol–water partition coefficient (Wildman–Crippen LogP) is -0.646. The van der Waals surface area contributed by atoms with Crippen LogP contribution in [0.3, 0.4) is 0 Å².